The van der Waals surface area contributed by atoms with Gasteiger partial charge in [-0.15, -0.1) is 11.3 Å². The number of amides is 2. The lowest BCUT2D eigenvalue weighted by Gasteiger charge is -2.47. The Morgan fingerprint density at radius 2 is 1.88 bits per heavy atom. The second kappa shape index (κ2) is 8.23. The fraction of sp³-hybridized carbons (Fsp3) is 0.333. The van der Waals surface area contributed by atoms with Crippen molar-refractivity contribution in [2.75, 3.05) is 37.6 Å². The van der Waals surface area contributed by atoms with E-state index in [1.165, 1.54) is 6.07 Å². The highest BCUT2D eigenvalue weighted by molar-refractivity contribution is 7.21. The highest BCUT2D eigenvalue weighted by Gasteiger charge is 2.40. The van der Waals surface area contributed by atoms with E-state index < -0.39 is 11.7 Å². The van der Waals surface area contributed by atoms with Crippen molar-refractivity contribution >= 4 is 50.8 Å². The van der Waals surface area contributed by atoms with Crippen LogP contribution in [-0.2, 0) is 11.0 Å². The number of hydrogen-bond acceptors (Lipinski definition) is 6. The maximum atomic E-state index is 13.0. The first kappa shape index (κ1) is 22.1. The number of alkyl halides is 3. The number of benzene rings is 1. The van der Waals surface area contributed by atoms with Crippen molar-refractivity contribution in [3.05, 3.63) is 52.1 Å². The summed E-state index contributed by atoms with van der Waals surface area (Å²) in [6.45, 7) is 2.13. The van der Waals surface area contributed by atoms with Crippen LogP contribution in [-0.4, -0.2) is 70.3 Å². The molecule has 0 bridgehead atoms. The van der Waals surface area contributed by atoms with Crippen LogP contribution in [0.1, 0.15) is 15.2 Å². The van der Waals surface area contributed by atoms with Crippen molar-refractivity contribution in [3.8, 4) is 0 Å². The average Bonchev–Trinajstić information content (AvgIpc) is 3.09. The van der Waals surface area contributed by atoms with E-state index in [1.54, 1.807) is 28.3 Å². The van der Waals surface area contributed by atoms with Gasteiger partial charge in [-0.25, -0.2) is 9.97 Å². The molecule has 2 aliphatic rings. The van der Waals surface area contributed by atoms with E-state index in [4.69, 9.17) is 11.6 Å². The molecule has 0 aliphatic carbocycles. The Balaban J connectivity index is 1.24. The van der Waals surface area contributed by atoms with Gasteiger partial charge in [0.25, 0.3) is 5.91 Å². The molecule has 5 rings (SSSR count). The van der Waals surface area contributed by atoms with E-state index in [1.807, 2.05) is 4.90 Å². The topological polar surface area (TPSA) is 69.6 Å². The first-order valence-corrected chi connectivity index (χ1v) is 11.3. The maximum absolute atomic E-state index is 13.0. The number of rotatable bonds is 3. The summed E-state index contributed by atoms with van der Waals surface area (Å²) < 4.78 is 39.3. The Morgan fingerprint density at radius 3 is 2.55 bits per heavy atom. The molecule has 1 aromatic carbocycles. The number of halogens is 4. The number of anilines is 1. The van der Waals surface area contributed by atoms with Crippen LogP contribution in [0.2, 0.25) is 5.02 Å². The van der Waals surface area contributed by atoms with Gasteiger partial charge in [-0.2, -0.15) is 13.2 Å². The zero-order valence-corrected chi connectivity index (χ0v) is 18.6. The molecule has 7 nitrogen and oxygen atoms in total. The molecule has 0 spiro atoms. The van der Waals surface area contributed by atoms with Crippen molar-refractivity contribution in [2.24, 2.45) is 0 Å². The van der Waals surface area contributed by atoms with Crippen LogP contribution in [0.3, 0.4) is 0 Å². The number of fused-ring (bicyclic) bond motifs is 1. The molecule has 0 saturated carbocycles. The molecule has 33 heavy (non-hydrogen) atoms. The number of hydrogen-bond donors (Lipinski definition) is 0. The lowest BCUT2D eigenvalue weighted by molar-refractivity contribution is -0.137. The number of aromatic nitrogens is 2. The molecule has 0 N–H and O–H groups in total. The number of thiophene rings is 1. The number of likely N-dealkylation sites (tertiary alicyclic amines) is 1. The van der Waals surface area contributed by atoms with Gasteiger partial charge < -0.3 is 4.90 Å². The van der Waals surface area contributed by atoms with E-state index in [2.05, 4.69) is 9.97 Å². The van der Waals surface area contributed by atoms with Crippen LogP contribution in [0.15, 0.2) is 36.7 Å². The van der Waals surface area contributed by atoms with Gasteiger partial charge in [0.1, 0.15) is 4.88 Å². The van der Waals surface area contributed by atoms with Gasteiger partial charge in [0.15, 0.2) is 0 Å². The van der Waals surface area contributed by atoms with Crippen molar-refractivity contribution in [3.63, 3.8) is 0 Å². The lowest BCUT2D eigenvalue weighted by Crippen LogP contribution is -2.65. The molecule has 172 valence electrons. The Hall–Kier alpha value is -2.76. The van der Waals surface area contributed by atoms with E-state index in [9.17, 15) is 22.8 Å². The van der Waals surface area contributed by atoms with Crippen molar-refractivity contribution in [1.29, 1.82) is 0 Å². The zero-order chi connectivity index (χ0) is 23.3. The molecule has 0 radical (unpaired) electrons. The van der Waals surface area contributed by atoms with Crippen LogP contribution < -0.4 is 4.90 Å². The zero-order valence-electron chi connectivity index (χ0n) is 17.0. The monoisotopic (exact) mass is 495 g/mol. The van der Waals surface area contributed by atoms with Gasteiger partial charge in [-0.3, -0.25) is 19.4 Å². The first-order valence-electron chi connectivity index (χ1n) is 10.1. The maximum Gasteiger partial charge on any atom is 0.416 e. The third-order valence-electron chi connectivity index (χ3n) is 5.86. The second-order valence-corrected chi connectivity index (χ2v) is 9.31. The average molecular weight is 496 g/mol. The van der Waals surface area contributed by atoms with Gasteiger partial charge in [0, 0.05) is 54.7 Å². The fourth-order valence-electron chi connectivity index (χ4n) is 4.02. The van der Waals surface area contributed by atoms with Gasteiger partial charge in [-0.1, -0.05) is 17.7 Å². The van der Waals surface area contributed by atoms with E-state index >= 15 is 0 Å². The van der Waals surface area contributed by atoms with Gasteiger partial charge in [0.2, 0.25) is 11.9 Å². The Morgan fingerprint density at radius 1 is 1.15 bits per heavy atom. The predicted molar refractivity (Wildman–Crippen MR) is 117 cm³/mol. The SMILES string of the molecule is O=C(c1sc2cc(C(F)(F)F)ccc2c1Cl)N1CC(N2CCN(c3ncccn3)C(=O)C2)C1. The molecule has 2 aliphatic heterocycles. The number of carbonyl (C=O) groups is 2. The molecular weight excluding hydrogens is 479 g/mol. The second-order valence-electron chi connectivity index (χ2n) is 7.88. The number of piperazine rings is 1. The molecule has 0 unspecified atom stereocenters. The smallest absolute Gasteiger partial charge is 0.335 e. The molecule has 2 aromatic heterocycles. The minimum absolute atomic E-state index is 0.0294. The molecule has 2 amide bonds. The van der Waals surface area contributed by atoms with Crippen molar-refractivity contribution in [1.82, 2.24) is 19.8 Å². The molecular formula is C21H17ClF3N5O2S. The van der Waals surface area contributed by atoms with E-state index in [0.29, 0.717) is 42.2 Å². The van der Waals surface area contributed by atoms with Gasteiger partial charge in [-0.05, 0) is 18.2 Å². The first-order chi connectivity index (χ1) is 15.7. The quantitative estimate of drug-likeness (QED) is 0.556. The summed E-state index contributed by atoms with van der Waals surface area (Å²) in [4.78, 5) is 39.1. The largest absolute Gasteiger partial charge is 0.416 e. The van der Waals surface area contributed by atoms with Crippen molar-refractivity contribution in [2.45, 2.75) is 12.2 Å². The minimum atomic E-state index is -4.46. The van der Waals surface area contributed by atoms with Gasteiger partial charge in [0.05, 0.1) is 17.1 Å². The lowest BCUT2D eigenvalue weighted by atomic mass is 10.1. The summed E-state index contributed by atoms with van der Waals surface area (Å²) in [5.41, 5.74) is -0.777. The third kappa shape index (κ3) is 4.04. The van der Waals surface area contributed by atoms with Crippen LogP contribution in [0.4, 0.5) is 19.1 Å². The molecule has 12 heteroatoms. The molecule has 2 fully saturated rings. The van der Waals surface area contributed by atoms with Crippen LogP contribution in [0.5, 0.6) is 0 Å². The number of carbonyl (C=O) groups excluding carboxylic acids is 2. The van der Waals surface area contributed by atoms with Crippen LogP contribution in [0, 0.1) is 0 Å². The summed E-state index contributed by atoms with van der Waals surface area (Å²) in [6, 6.07) is 4.99. The molecule has 3 aromatic rings. The summed E-state index contributed by atoms with van der Waals surface area (Å²) in [7, 11) is 0. The highest BCUT2D eigenvalue weighted by Crippen LogP contribution is 2.40. The standard InChI is InChI=1S/C21H17ClF3N5O2S/c22-17-14-3-2-12(21(23,24)25)8-15(14)33-18(17)19(32)29-9-13(10-29)28-6-7-30(16(31)11-28)20-26-4-1-5-27-20/h1-5,8,13H,6-7,9-11H2. The van der Waals surface area contributed by atoms with Gasteiger partial charge >= 0.3 is 6.18 Å². The van der Waals surface area contributed by atoms with E-state index in [0.717, 1.165) is 23.5 Å². The fourth-order valence-corrected chi connectivity index (χ4v) is 5.54. The van der Waals surface area contributed by atoms with Crippen molar-refractivity contribution < 1.29 is 22.8 Å². The van der Waals surface area contributed by atoms with Crippen LogP contribution in [0.25, 0.3) is 10.1 Å². The highest BCUT2D eigenvalue weighted by atomic mass is 35.5. The number of nitrogens with zero attached hydrogens (tertiary/aromatic N) is 5. The van der Waals surface area contributed by atoms with E-state index in [-0.39, 0.29) is 34.3 Å². The Kier molecular flexibility index (Phi) is 5.50. The van der Waals surface area contributed by atoms with Crippen LogP contribution >= 0.6 is 22.9 Å². The summed E-state index contributed by atoms with van der Waals surface area (Å²) >= 11 is 7.30. The molecule has 2 saturated heterocycles. The summed E-state index contributed by atoms with van der Waals surface area (Å²) in [6.07, 6.45) is -1.30. The molecule has 0 atom stereocenters. The normalized spacial score (nSPS) is 18.1. The summed E-state index contributed by atoms with van der Waals surface area (Å²) in [5, 5.41) is 0.601. The minimum Gasteiger partial charge on any atom is -0.335 e. The summed E-state index contributed by atoms with van der Waals surface area (Å²) in [5.74, 6) is -0.0421. The predicted octanol–water partition coefficient (Wildman–Crippen LogP) is 3.54. The Bertz CT molecular complexity index is 1230. The third-order valence-corrected chi connectivity index (χ3v) is 7.51. The Labute approximate surface area is 195 Å². The molecule has 4 heterocycles.